The maximum absolute atomic E-state index is 10.1. The highest BCUT2D eigenvalue weighted by Crippen LogP contribution is 2.07. The number of carboxylic acids is 1. The minimum atomic E-state index is -0.976. The second-order valence-corrected chi connectivity index (χ2v) is 2.69. The van der Waals surface area contributed by atoms with Crippen molar-refractivity contribution in [1.82, 2.24) is 4.98 Å². The molecule has 0 saturated carbocycles. The number of hydrogen-bond acceptors (Lipinski definition) is 3. The molecule has 0 amide bonds. The maximum atomic E-state index is 10.1. The SMILES string of the molecule is Cc1ccc(OCC=CC(=O)O)cn1. The lowest BCUT2D eigenvalue weighted by molar-refractivity contribution is -0.131. The third-order valence-electron chi connectivity index (χ3n) is 1.49. The van der Waals surface area contributed by atoms with Crippen molar-refractivity contribution in [3.63, 3.8) is 0 Å². The summed E-state index contributed by atoms with van der Waals surface area (Å²) >= 11 is 0. The molecule has 0 bridgehead atoms. The van der Waals surface area contributed by atoms with Crippen LogP contribution in [-0.4, -0.2) is 22.7 Å². The van der Waals surface area contributed by atoms with Gasteiger partial charge in [-0.2, -0.15) is 0 Å². The number of pyridine rings is 1. The summed E-state index contributed by atoms with van der Waals surface area (Å²) in [5.41, 5.74) is 0.915. The number of rotatable bonds is 4. The van der Waals surface area contributed by atoms with E-state index < -0.39 is 5.97 Å². The molecular formula is C10H11NO3. The highest BCUT2D eigenvalue weighted by molar-refractivity contribution is 5.79. The van der Waals surface area contributed by atoms with Crippen LogP contribution in [0.25, 0.3) is 0 Å². The summed E-state index contributed by atoms with van der Waals surface area (Å²) in [6, 6.07) is 3.62. The molecule has 1 aromatic rings. The molecule has 0 spiro atoms. The van der Waals surface area contributed by atoms with E-state index >= 15 is 0 Å². The summed E-state index contributed by atoms with van der Waals surface area (Å²) in [6.07, 6.45) is 4.08. The van der Waals surface area contributed by atoms with E-state index in [-0.39, 0.29) is 6.61 Å². The summed E-state index contributed by atoms with van der Waals surface area (Å²) in [7, 11) is 0. The summed E-state index contributed by atoms with van der Waals surface area (Å²) < 4.78 is 5.20. The van der Waals surface area contributed by atoms with E-state index in [2.05, 4.69) is 4.98 Å². The first-order valence-electron chi connectivity index (χ1n) is 4.13. The van der Waals surface area contributed by atoms with Gasteiger partial charge in [0, 0.05) is 11.8 Å². The van der Waals surface area contributed by atoms with Crippen molar-refractivity contribution in [3.05, 3.63) is 36.2 Å². The summed E-state index contributed by atoms with van der Waals surface area (Å²) in [5, 5.41) is 8.29. The summed E-state index contributed by atoms with van der Waals surface area (Å²) in [5.74, 6) is -0.346. The second-order valence-electron chi connectivity index (χ2n) is 2.69. The average Bonchev–Trinajstić information content (AvgIpc) is 2.15. The summed E-state index contributed by atoms with van der Waals surface area (Å²) in [6.45, 7) is 2.12. The zero-order chi connectivity index (χ0) is 10.4. The van der Waals surface area contributed by atoms with Crippen LogP contribution in [0.4, 0.5) is 0 Å². The summed E-state index contributed by atoms with van der Waals surface area (Å²) in [4.78, 5) is 14.1. The fourth-order valence-electron chi connectivity index (χ4n) is 0.833. The molecule has 0 radical (unpaired) electrons. The second kappa shape index (κ2) is 5.01. The number of aliphatic carboxylic acids is 1. The Kier molecular flexibility index (Phi) is 3.67. The van der Waals surface area contributed by atoms with Crippen molar-refractivity contribution in [3.8, 4) is 5.75 Å². The third kappa shape index (κ3) is 3.71. The van der Waals surface area contributed by atoms with Crippen molar-refractivity contribution >= 4 is 5.97 Å². The Morgan fingerprint density at radius 2 is 2.43 bits per heavy atom. The number of carboxylic acid groups (broad SMARTS) is 1. The Balaban J connectivity index is 2.39. The quantitative estimate of drug-likeness (QED) is 0.734. The van der Waals surface area contributed by atoms with E-state index in [1.54, 1.807) is 12.3 Å². The first-order valence-corrected chi connectivity index (χ1v) is 4.13. The molecule has 74 valence electrons. The maximum Gasteiger partial charge on any atom is 0.328 e. The van der Waals surface area contributed by atoms with Gasteiger partial charge in [-0.25, -0.2) is 4.79 Å². The molecule has 0 fully saturated rings. The van der Waals surface area contributed by atoms with Gasteiger partial charge in [-0.15, -0.1) is 0 Å². The molecule has 0 saturated heterocycles. The smallest absolute Gasteiger partial charge is 0.328 e. The van der Waals surface area contributed by atoms with E-state index in [1.807, 2.05) is 13.0 Å². The van der Waals surface area contributed by atoms with Crippen LogP contribution in [0, 0.1) is 6.92 Å². The lowest BCUT2D eigenvalue weighted by atomic mass is 10.4. The molecule has 0 aliphatic rings. The standard InChI is InChI=1S/C10H11NO3/c1-8-4-5-9(7-11-8)14-6-2-3-10(12)13/h2-5,7H,6H2,1H3,(H,12,13). The first kappa shape index (κ1) is 10.2. The van der Waals surface area contributed by atoms with E-state index in [9.17, 15) is 4.79 Å². The van der Waals surface area contributed by atoms with Crippen molar-refractivity contribution < 1.29 is 14.6 Å². The largest absolute Gasteiger partial charge is 0.488 e. The van der Waals surface area contributed by atoms with Crippen LogP contribution < -0.4 is 4.74 Å². The molecule has 1 heterocycles. The highest BCUT2D eigenvalue weighted by atomic mass is 16.5. The Labute approximate surface area is 81.9 Å². The van der Waals surface area contributed by atoms with Crippen molar-refractivity contribution in [2.75, 3.05) is 6.61 Å². The van der Waals surface area contributed by atoms with E-state index in [0.29, 0.717) is 5.75 Å². The van der Waals surface area contributed by atoms with Crippen molar-refractivity contribution in [2.45, 2.75) is 6.92 Å². The molecule has 0 aromatic carbocycles. The zero-order valence-corrected chi connectivity index (χ0v) is 7.80. The Hall–Kier alpha value is -1.84. The van der Waals surface area contributed by atoms with Gasteiger partial charge in [-0.3, -0.25) is 4.98 Å². The average molecular weight is 193 g/mol. The van der Waals surface area contributed by atoms with Gasteiger partial charge >= 0.3 is 5.97 Å². The molecule has 1 N–H and O–H groups in total. The van der Waals surface area contributed by atoms with Crippen LogP contribution >= 0.6 is 0 Å². The van der Waals surface area contributed by atoms with Crippen LogP contribution in [-0.2, 0) is 4.79 Å². The fraction of sp³-hybridized carbons (Fsp3) is 0.200. The molecule has 0 unspecified atom stereocenters. The van der Waals surface area contributed by atoms with Gasteiger partial charge in [0.15, 0.2) is 0 Å². The van der Waals surface area contributed by atoms with E-state index in [0.717, 1.165) is 11.8 Å². The van der Waals surface area contributed by atoms with Crippen molar-refractivity contribution in [1.29, 1.82) is 0 Å². The van der Waals surface area contributed by atoms with Gasteiger partial charge in [-0.1, -0.05) is 0 Å². The molecule has 4 nitrogen and oxygen atoms in total. The molecule has 14 heavy (non-hydrogen) atoms. The molecule has 0 aliphatic heterocycles. The fourth-order valence-corrected chi connectivity index (χ4v) is 0.833. The molecule has 4 heteroatoms. The van der Waals surface area contributed by atoms with Crippen LogP contribution in [0.5, 0.6) is 5.75 Å². The molecule has 0 atom stereocenters. The molecular weight excluding hydrogens is 182 g/mol. The molecule has 1 aromatic heterocycles. The van der Waals surface area contributed by atoms with Crippen molar-refractivity contribution in [2.24, 2.45) is 0 Å². The topological polar surface area (TPSA) is 59.4 Å². The third-order valence-corrected chi connectivity index (χ3v) is 1.49. The highest BCUT2D eigenvalue weighted by Gasteiger charge is 1.91. The number of ether oxygens (including phenoxy) is 1. The van der Waals surface area contributed by atoms with Crippen LogP contribution in [0.15, 0.2) is 30.5 Å². The minimum Gasteiger partial charge on any atom is -0.488 e. The van der Waals surface area contributed by atoms with Gasteiger partial charge < -0.3 is 9.84 Å². The normalized spacial score (nSPS) is 10.4. The lowest BCUT2D eigenvalue weighted by Gasteiger charge is -2.01. The van der Waals surface area contributed by atoms with Gasteiger partial charge in [0.2, 0.25) is 0 Å². The predicted octanol–water partition coefficient (Wildman–Crippen LogP) is 1.41. The number of nitrogens with zero attached hydrogens (tertiary/aromatic N) is 1. The Morgan fingerprint density at radius 3 is 3.00 bits per heavy atom. The Bertz CT molecular complexity index is 330. The first-order chi connectivity index (χ1) is 6.68. The Morgan fingerprint density at radius 1 is 1.64 bits per heavy atom. The lowest BCUT2D eigenvalue weighted by Crippen LogP contribution is -1.96. The van der Waals surface area contributed by atoms with Crippen LogP contribution in [0.3, 0.4) is 0 Å². The monoisotopic (exact) mass is 193 g/mol. The minimum absolute atomic E-state index is 0.233. The van der Waals surface area contributed by atoms with Gasteiger partial charge in [0.05, 0.1) is 6.20 Å². The number of aromatic nitrogens is 1. The number of aryl methyl sites for hydroxylation is 1. The van der Waals surface area contributed by atoms with Crippen LogP contribution in [0.2, 0.25) is 0 Å². The van der Waals surface area contributed by atoms with Gasteiger partial charge in [-0.05, 0) is 25.1 Å². The molecule has 1 rings (SSSR count). The number of hydrogen-bond donors (Lipinski definition) is 1. The number of carbonyl (C=O) groups is 1. The van der Waals surface area contributed by atoms with Gasteiger partial charge in [0.25, 0.3) is 0 Å². The van der Waals surface area contributed by atoms with E-state index in [1.165, 1.54) is 6.08 Å². The van der Waals surface area contributed by atoms with E-state index in [4.69, 9.17) is 9.84 Å². The van der Waals surface area contributed by atoms with Gasteiger partial charge in [0.1, 0.15) is 12.4 Å². The van der Waals surface area contributed by atoms with Crippen LogP contribution in [0.1, 0.15) is 5.69 Å². The molecule has 0 aliphatic carbocycles. The zero-order valence-electron chi connectivity index (χ0n) is 7.80. The predicted molar refractivity (Wildman–Crippen MR) is 51.2 cm³/mol.